The van der Waals surface area contributed by atoms with Crippen molar-refractivity contribution in [2.45, 2.75) is 52.1 Å². The minimum atomic E-state index is -0.737. The normalized spacial score (nSPS) is 13.4. The van der Waals surface area contributed by atoms with Gasteiger partial charge >= 0.3 is 5.97 Å². The van der Waals surface area contributed by atoms with Gasteiger partial charge in [0, 0.05) is 6.04 Å². The Labute approximate surface area is 99.0 Å². The number of nitrogens with zero attached hydrogens (tertiary/aromatic N) is 1. The number of carboxylic acid groups (broad SMARTS) is 1. The van der Waals surface area contributed by atoms with Crippen molar-refractivity contribution >= 4 is 5.97 Å². The maximum atomic E-state index is 10.9. The van der Waals surface area contributed by atoms with Crippen molar-refractivity contribution in [3.8, 4) is 0 Å². The first-order chi connectivity index (χ1) is 7.49. The molecule has 0 aromatic rings. The van der Waals surface area contributed by atoms with E-state index in [2.05, 4.69) is 31.1 Å². The molecule has 0 aromatic carbocycles. The van der Waals surface area contributed by atoms with Gasteiger partial charge in [-0.3, -0.25) is 4.79 Å². The molecular formula is C12H26N2O2. The van der Waals surface area contributed by atoms with Crippen LogP contribution in [0, 0.1) is 0 Å². The SMILES string of the molecule is CCCC(NCCCN(C)C(C)C)C(=O)O. The lowest BCUT2D eigenvalue weighted by Crippen LogP contribution is -2.38. The molecule has 4 nitrogen and oxygen atoms in total. The molecule has 0 spiro atoms. The molecule has 0 bridgehead atoms. The molecule has 4 heteroatoms. The Morgan fingerprint density at radius 2 is 2.06 bits per heavy atom. The van der Waals surface area contributed by atoms with Crippen molar-refractivity contribution in [3.63, 3.8) is 0 Å². The smallest absolute Gasteiger partial charge is 0.320 e. The van der Waals surface area contributed by atoms with Gasteiger partial charge in [0.1, 0.15) is 6.04 Å². The molecule has 0 aliphatic carbocycles. The topological polar surface area (TPSA) is 52.6 Å². The molecule has 96 valence electrons. The monoisotopic (exact) mass is 230 g/mol. The number of carbonyl (C=O) groups is 1. The molecule has 0 fully saturated rings. The van der Waals surface area contributed by atoms with Crippen molar-refractivity contribution in [2.24, 2.45) is 0 Å². The molecule has 0 saturated carbocycles. The van der Waals surface area contributed by atoms with E-state index in [9.17, 15) is 4.79 Å². The average Bonchev–Trinajstić information content (AvgIpc) is 2.21. The van der Waals surface area contributed by atoms with E-state index in [0.29, 0.717) is 12.5 Å². The van der Waals surface area contributed by atoms with Gasteiger partial charge in [0.15, 0.2) is 0 Å². The van der Waals surface area contributed by atoms with Crippen molar-refractivity contribution in [3.05, 3.63) is 0 Å². The van der Waals surface area contributed by atoms with E-state index in [1.54, 1.807) is 0 Å². The third kappa shape index (κ3) is 6.80. The molecule has 0 aliphatic heterocycles. The van der Waals surface area contributed by atoms with Gasteiger partial charge in [0.2, 0.25) is 0 Å². The molecule has 1 atom stereocenters. The van der Waals surface area contributed by atoms with Gasteiger partial charge in [0.05, 0.1) is 0 Å². The first-order valence-corrected chi connectivity index (χ1v) is 6.15. The van der Waals surface area contributed by atoms with E-state index < -0.39 is 5.97 Å². The third-order valence-electron chi connectivity index (χ3n) is 2.84. The lowest BCUT2D eigenvalue weighted by atomic mass is 10.1. The number of hydrogen-bond acceptors (Lipinski definition) is 3. The number of nitrogens with one attached hydrogen (secondary N) is 1. The predicted molar refractivity (Wildman–Crippen MR) is 66.7 cm³/mol. The summed E-state index contributed by atoms with van der Waals surface area (Å²) in [6, 6.07) is 0.167. The highest BCUT2D eigenvalue weighted by atomic mass is 16.4. The Morgan fingerprint density at radius 1 is 1.44 bits per heavy atom. The lowest BCUT2D eigenvalue weighted by molar-refractivity contribution is -0.139. The predicted octanol–water partition coefficient (Wildman–Crippen LogP) is 1.56. The standard InChI is InChI=1S/C12H26N2O2/c1-5-7-11(12(15)16)13-8-6-9-14(4)10(2)3/h10-11,13H,5-9H2,1-4H3,(H,15,16). The number of rotatable bonds is 9. The number of carboxylic acids is 1. The fourth-order valence-electron chi connectivity index (χ4n) is 1.46. The largest absolute Gasteiger partial charge is 0.480 e. The quantitative estimate of drug-likeness (QED) is 0.590. The zero-order chi connectivity index (χ0) is 12.6. The molecular weight excluding hydrogens is 204 g/mol. The summed E-state index contributed by atoms with van der Waals surface area (Å²) in [5.74, 6) is -0.737. The fraction of sp³-hybridized carbons (Fsp3) is 0.917. The second kappa shape index (κ2) is 8.53. The van der Waals surface area contributed by atoms with E-state index in [-0.39, 0.29) is 6.04 Å². The molecule has 16 heavy (non-hydrogen) atoms. The van der Waals surface area contributed by atoms with Gasteiger partial charge in [-0.1, -0.05) is 13.3 Å². The van der Waals surface area contributed by atoms with Crippen LogP contribution in [0.1, 0.15) is 40.0 Å². The molecule has 0 radical (unpaired) electrons. The molecule has 0 heterocycles. The number of hydrogen-bond donors (Lipinski definition) is 2. The highest BCUT2D eigenvalue weighted by molar-refractivity contribution is 5.73. The molecule has 2 N–H and O–H groups in total. The summed E-state index contributed by atoms with van der Waals surface area (Å²) >= 11 is 0. The van der Waals surface area contributed by atoms with E-state index in [1.165, 1.54) is 0 Å². The van der Waals surface area contributed by atoms with Crippen LogP contribution in [-0.4, -0.2) is 48.2 Å². The van der Waals surface area contributed by atoms with Crippen LogP contribution in [0.4, 0.5) is 0 Å². The molecule has 0 saturated heterocycles. The van der Waals surface area contributed by atoms with Crippen LogP contribution < -0.4 is 5.32 Å². The van der Waals surface area contributed by atoms with Crippen LogP contribution in [0.25, 0.3) is 0 Å². The molecule has 0 amide bonds. The lowest BCUT2D eigenvalue weighted by Gasteiger charge is -2.21. The molecule has 0 aromatic heterocycles. The van der Waals surface area contributed by atoms with Gasteiger partial charge in [-0.15, -0.1) is 0 Å². The maximum Gasteiger partial charge on any atom is 0.320 e. The van der Waals surface area contributed by atoms with Crippen molar-refractivity contribution in [1.29, 1.82) is 0 Å². The van der Waals surface area contributed by atoms with Crippen LogP contribution in [-0.2, 0) is 4.79 Å². The summed E-state index contributed by atoms with van der Waals surface area (Å²) in [6.45, 7) is 8.09. The Kier molecular flexibility index (Phi) is 8.21. The summed E-state index contributed by atoms with van der Waals surface area (Å²) in [5, 5.41) is 12.0. The first kappa shape index (κ1) is 15.4. The van der Waals surface area contributed by atoms with Gasteiger partial charge in [-0.05, 0) is 46.8 Å². The van der Waals surface area contributed by atoms with E-state index >= 15 is 0 Å². The van der Waals surface area contributed by atoms with Gasteiger partial charge in [-0.25, -0.2) is 0 Å². The van der Waals surface area contributed by atoms with Crippen LogP contribution in [0.5, 0.6) is 0 Å². The first-order valence-electron chi connectivity index (χ1n) is 6.15. The minimum Gasteiger partial charge on any atom is -0.480 e. The molecule has 0 rings (SSSR count). The maximum absolute atomic E-state index is 10.9. The van der Waals surface area contributed by atoms with Gasteiger partial charge in [0.25, 0.3) is 0 Å². The van der Waals surface area contributed by atoms with Crippen LogP contribution in [0.15, 0.2) is 0 Å². The number of aliphatic carboxylic acids is 1. The van der Waals surface area contributed by atoms with Crippen molar-refractivity contribution in [2.75, 3.05) is 20.1 Å². The Hall–Kier alpha value is -0.610. The summed E-state index contributed by atoms with van der Waals surface area (Å²) in [5.41, 5.74) is 0. The van der Waals surface area contributed by atoms with E-state index in [1.807, 2.05) is 6.92 Å². The zero-order valence-corrected chi connectivity index (χ0v) is 11.0. The fourth-order valence-corrected chi connectivity index (χ4v) is 1.46. The second-order valence-electron chi connectivity index (χ2n) is 4.56. The van der Waals surface area contributed by atoms with E-state index in [0.717, 1.165) is 25.9 Å². The zero-order valence-electron chi connectivity index (χ0n) is 11.0. The highest BCUT2D eigenvalue weighted by Gasteiger charge is 2.14. The molecule has 1 unspecified atom stereocenters. The Bertz CT molecular complexity index is 195. The van der Waals surface area contributed by atoms with Crippen LogP contribution in [0.3, 0.4) is 0 Å². The Balaban J connectivity index is 3.66. The Morgan fingerprint density at radius 3 is 2.50 bits per heavy atom. The summed E-state index contributed by atoms with van der Waals surface area (Å²) in [6.07, 6.45) is 2.59. The summed E-state index contributed by atoms with van der Waals surface area (Å²) < 4.78 is 0. The second-order valence-corrected chi connectivity index (χ2v) is 4.56. The minimum absolute atomic E-state index is 0.380. The third-order valence-corrected chi connectivity index (χ3v) is 2.84. The highest BCUT2D eigenvalue weighted by Crippen LogP contribution is 1.98. The van der Waals surface area contributed by atoms with Crippen LogP contribution in [0.2, 0.25) is 0 Å². The molecule has 0 aliphatic rings. The van der Waals surface area contributed by atoms with Gasteiger partial charge in [-0.2, -0.15) is 0 Å². The van der Waals surface area contributed by atoms with Crippen molar-refractivity contribution < 1.29 is 9.90 Å². The average molecular weight is 230 g/mol. The summed E-state index contributed by atoms with van der Waals surface area (Å²) in [4.78, 5) is 13.1. The van der Waals surface area contributed by atoms with E-state index in [4.69, 9.17) is 5.11 Å². The summed E-state index contributed by atoms with van der Waals surface area (Å²) in [7, 11) is 2.09. The van der Waals surface area contributed by atoms with Crippen LogP contribution >= 0.6 is 0 Å². The van der Waals surface area contributed by atoms with Crippen molar-refractivity contribution in [1.82, 2.24) is 10.2 Å². The van der Waals surface area contributed by atoms with Gasteiger partial charge < -0.3 is 15.3 Å².